The molecule has 35 heavy (non-hydrogen) atoms. The number of nitrogens with one attached hydrogen (secondary N) is 4. The minimum Gasteiger partial charge on any atom is -0.467 e. The van der Waals surface area contributed by atoms with Crippen LogP contribution in [0.4, 0.5) is 0 Å². The van der Waals surface area contributed by atoms with Gasteiger partial charge in [-0.3, -0.25) is 19.2 Å². The number of hydrogen-bond donors (Lipinski definition) is 4. The Morgan fingerprint density at radius 1 is 0.829 bits per heavy atom. The van der Waals surface area contributed by atoms with Gasteiger partial charge in [0.2, 0.25) is 11.8 Å². The number of hydrogen-bond acceptors (Lipinski definition) is 12. The van der Waals surface area contributed by atoms with Gasteiger partial charge in [-0.1, -0.05) is 0 Å². The van der Waals surface area contributed by atoms with Crippen molar-refractivity contribution >= 4 is 70.0 Å². The molecule has 184 valence electrons. The molecule has 0 radical (unpaired) electrons. The molecule has 2 aliphatic rings. The third kappa shape index (κ3) is 5.08. The SMILES string of the molecule is COC(=O)C1(CC(=O)CC(=O)CC2(C(=O)OC)NC(=S)NC(=O)C2C#N)NC(=S)NC(=O)C1C#N. The number of thiocarbonyl (C=S) groups is 2. The Morgan fingerprint density at radius 3 is 1.46 bits per heavy atom. The Balaban J connectivity index is 2.33. The number of methoxy groups -OCH3 is 2. The maximum Gasteiger partial charge on any atom is 0.333 e. The third-order valence-corrected chi connectivity index (χ3v) is 5.77. The second kappa shape index (κ2) is 10.5. The van der Waals surface area contributed by atoms with Gasteiger partial charge in [0.1, 0.15) is 11.6 Å². The summed E-state index contributed by atoms with van der Waals surface area (Å²) in [6.07, 6.45) is -2.60. The van der Waals surface area contributed by atoms with E-state index < -0.39 is 77.5 Å². The Hall–Kier alpha value is -4.02. The highest BCUT2D eigenvalue weighted by Gasteiger charge is 2.57. The first-order valence-corrected chi connectivity index (χ1v) is 10.5. The lowest BCUT2D eigenvalue weighted by Gasteiger charge is -2.39. The lowest BCUT2D eigenvalue weighted by atomic mass is 9.76. The topological polar surface area (TPSA) is 217 Å². The van der Waals surface area contributed by atoms with Crippen LogP contribution in [-0.4, -0.2) is 70.8 Å². The fourth-order valence-corrected chi connectivity index (χ4v) is 4.44. The molecule has 0 saturated carbocycles. The summed E-state index contributed by atoms with van der Waals surface area (Å²) < 4.78 is 9.34. The predicted octanol–water partition coefficient (Wildman–Crippen LogP) is -2.59. The normalized spacial score (nSPS) is 27.5. The summed E-state index contributed by atoms with van der Waals surface area (Å²) in [6, 6.07) is 3.24. The van der Waals surface area contributed by atoms with Crippen molar-refractivity contribution in [3.8, 4) is 12.1 Å². The summed E-state index contributed by atoms with van der Waals surface area (Å²) in [5, 5.41) is 27.4. The molecule has 0 spiro atoms. The molecule has 4 atom stereocenters. The number of nitriles is 2. The van der Waals surface area contributed by atoms with Crippen LogP contribution in [0.1, 0.15) is 19.3 Å². The van der Waals surface area contributed by atoms with Crippen molar-refractivity contribution in [2.45, 2.75) is 30.3 Å². The number of carbonyl (C=O) groups excluding carboxylic acids is 6. The number of amides is 2. The maximum atomic E-state index is 12.8. The van der Waals surface area contributed by atoms with E-state index in [1.165, 1.54) is 0 Å². The fraction of sp³-hybridized carbons (Fsp3) is 0.474. The van der Waals surface area contributed by atoms with Crippen molar-refractivity contribution in [1.29, 1.82) is 10.5 Å². The smallest absolute Gasteiger partial charge is 0.333 e. The third-order valence-electron chi connectivity index (χ3n) is 5.36. The van der Waals surface area contributed by atoms with Crippen LogP contribution in [0.5, 0.6) is 0 Å². The van der Waals surface area contributed by atoms with Crippen molar-refractivity contribution < 1.29 is 38.2 Å². The standard InChI is InChI=1S/C19H18N6O8S2/c1-32-14(30)18(10(6-20)12(28)22-16(34)24-18)4-8(26)3-9(27)5-19(15(31)33-2)11(7-21)13(29)23-17(35)25-19/h10-11H,3-5H2,1-2H3,(H2,22,24,28,34)(H2,23,25,29,35). The molecule has 2 heterocycles. The summed E-state index contributed by atoms with van der Waals surface area (Å²) in [6.45, 7) is 0. The number of Topliss-reactive ketones (excluding diaryl/α,β-unsaturated/α-hetero) is 2. The van der Waals surface area contributed by atoms with Crippen LogP contribution in [0, 0.1) is 34.5 Å². The monoisotopic (exact) mass is 522 g/mol. The minimum absolute atomic E-state index is 0.335. The van der Waals surface area contributed by atoms with Gasteiger partial charge in [0.05, 0.1) is 32.8 Å². The van der Waals surface area contributed by atoms with E-state index in [9.17, 15) is 39.3 Å². The van der Waals surface area contributed by atoms with Crippen molar-refractivity contribution in [1.82, 2.24) is 21.3 Å². The van der Waals surface area contributed by atoms with Crippen LogP contribution in [0.2, 0.25) is 0 Å². The number of ether oxygens (including phenoxy) is 2. The molecular formula is C19H18N6O8S2. The second-order valence-electron chi connectivity index (χ2n) is 7.54. The molecule has 14 nitrogen and oxygen atoms in total. The van der Waals surface area contributed by atoms with Gasteiger partial charge in [-0.25, -0.2) is 9.59 Å². The Morgan fingerprint density at radius 2 is 1.17 bits per heavy atom. The van der Waals surface area contributed by atoms with Gasteiger partial charge in [0, 0.05) is 12.8 Å². The van der Waals surface area contributed by atoms with Crippen LogP contribution in [0.15, 0.2) is 0 Å². The zero-order valence-electron chi connectivity index (χ0n) is 18.3. The number of rotatable bonds is 8. The van der Waals surface area contributed by atoms with Gasteiger partial charge in [0.25, 0.3) is 0 Å². The van der Waals surface area contributed by atoms with Crippen LogP contribution < -0.4 is 21.3 Å². The van der Waals surface area contributed by atoms with Crippen LogP contribution in [0.3, 0.4) is 0 Å². The first-order valence-electron chi connectivity index (χ1n) is 9.66. The highest BCUT2D eigenvalue weighted by atomic mass is 32.1. The Bertz CT molecular complexity index is 1040. The van der Waals surface area contributed by atoms with Crippen molar-refractivity contribution in [2.75, 3.05) is 14.2 Å². The quantitative estimate of drug-likeness (QED) is 0.146. The molecule has 4 N–H and O–H groups in total. The summed E-state index contributed by atoms with van der Waals surface area (Å²) in [5.74, 6) is -9.51. The number of ketones is 2. The minimum atomic E-state index is -2.21. The molecule has 0 aromatic rings. The number of esters is 2. The summed E-state index contributed by atoms with van der Waals surface area (Å²) in [4.78, 5) is 75.2. The second-order valence-corrected chi connectivity index (χ2v) is 8.36. The molecule has 0 bridgehead atoms. The highest BCUT2D eigenvalue weighted by molar-refractivity contribution is 7.80. The van der Waals surface area contributed by atoms with Crippen LogP contribution in [0.25, 0.3) is 0 Å². The molecule has 0 aliphatic carbocycles. The van der Waals surface area contributed by atoms with E-state index in [1.54, 1.807) is 12.1 Å². The van der Waals surface area contributed by atoms with E-state index >= 15 is 0 Å². The van der Waals surface area contributed by atoms with Gasteiger partial charge in [-0.15, -0.1) is 0 Å². The summed E-state index contributed by atoms with van der Waals surface area (Å²) in [7, 11) is 1.94. The lowest BCUT2D eigenvalue weighted by Crippen LogP contribution is -2.70. The van der Waals surface area contributed by atoms with E-state index in [2.05, 4.69) is 30.7 Å². The fourth-order valence-electron chi connectivity index (χ4n) is 3.87. The van der Waals surface area contributed by atoms with E-state index in [1.807, 2.05) is 0 Å². The van der Waals surface area contributed by atoms with E-state index in [0.29, 0.717) is 0 Å². The lowest BCUT2D eigenvalue weighted by molar-refractivity contribution is -0.155. The molecule has 2 saturated heterocycles. The van der Waals surface area contributed by atoms with Gasteiger partial charge >= 0.3 is 11.9 Å². The van der Waals surface area contributed by atoms with Crippen LogP contribution in [-0.2, 0) is 38.2 Å². The number of nitrogens with zero attached hydrogens (tertiary/aromatic N) is 2. The predicted molar refractivity (Wildman–Crippen MR) is 119 cm³/mol. The largest absolute Gasteiger partial charge is 0.467 e. The summed E-state index contributed by atoms with van der Waals surface area (Å²) in [5.41, 5.74) is -4.42. The molecule has 0 aromatic carbocycles. The van der Waals surface area contributed by atoms with Gasteiger partial charge in [0.15, 0.2) is 33.1 Å². The zero-order chi connectivity index (χ0) is 26.6. The molecular weight excluding hydrogens is 504 g/mol. The van der Waals surface area contributed by atoms with E-state index in [4.69, 9.17) is 24.4 Å². The van der Waals surface area contributed by atoms with Crippen molar-refractivity contribution in [3.63, 3.8) is 0 Å². The Kier molecular flexibility index (Phi) is 8.16. The molecule has 4 unspecified atom stereocenters. The Labute approximate surface area is 208 Å². The van der Waals surface area contributed by atoms with Crippen molar-refractivity contribution in [2.24, 2.45) is 11.8 Å². The van der Waals surface area contributed by atoms with Gasteiger partial charge in [-0.2, -0.15) is 10.5 Å². The molecule has 2 amide bonds. The van der Waals surface area contributed by atoms with Crippen LogP contribution >= 0.6 is 24.4 Å². The van der Waals surface area contributed by atoms with E-state index in [0.717, 1.165) is 14.2 Å². The van der Waals surface area contributed by atoms with E-state index in [-0.39, 0.29) is 10.2 Å². The first-order chi connectivity index (χ1) is 16.4. The molecule has 16 heteroatoms. The molecule has 2 aliphatic heterocycles. The average molecular weight is 523 g/mol. The molecule has 0 aromatic heterocycles. The number of carbonyl (C=O) groups is 6. The van der Waals surface area contributed by atoms with Gasteiger partial charge in [-0.05, 0) is 24.4 Å². The average Bonchev–Trinajstić information content (AvgIpc) is 2.76. The summed E-state index contributed by atoms with van der Waals surface area (Å²) >= 11 is 9.75. The van der Waals surface area contributed by atoms with Gasteiger partial charge < -0.3 is 30.7 Å². The maximum absolute atomic E-state index is 12.8. The molecule has 2 rings (SSSR count). The first kappa shape index (κ1) is 27.2. The zero-order valence-corrected chi connectivity index (χ0v) is 19.9. The molecule has 2 fully saturated rings. The van der Waals surface area contributed by atoms with Crippen molar-refractivity contribution in [3.05, 3.63) is 0 Å². The highest BCUT2D eigenvalue weighted by Crippen LogP contribution is 2.30.